The van der Waals surface area contributed by atoms with Gasteiger partial charge in [-0.2, -0.15) is 0 Å². The van der Waals surface area contributed by atoms with Crippen LogP contribution in [0.4, 0.5) is 0 Å². The molecule has 6 nitrogen and oxygen atoms in total. The topological polar surface area (TPSA) is 80.6 Å². The average Bonchev–Trinajstić information content (AvgIpc) is 2.75. The normalized spacial score (nSPS) is 12.2. The standard InChI is InChI=1S/C13H23BrN2O4S/c1-10(2)19-7-5-4-6-16-21(17,18)12-8-11(9-15-3)20-13(12)14/h8,10,15-16H,4-7,9H2,1-3H3. The predicted molar refractivity (Wildman–Crippen MR) is 84.7 cm³/mol. The van der Waals surface area contributed by atoms with Gasteiger partial charge in [0.1, 0.15) is 10.7 Å². The van der Waals surface area contributed by atoms with Crippen LogP contribution < -0.4 is 10.0 Å². The molecule has 0 amide bonds. The van der Waals surface area contributed by atoms with Gasteiger partial charge in [-0.05, 0) is 49.7 Å². The molecule has 0 radical (unpaired) electrons. The summed E-state index contributed by atoms with van der Waals surface area (Å²) in [6, 6.07) is 1.52. The third kappa shape index (κ3) is 6.48. The molecule has 0 unspecified atom stereocenters. The second-order valence-electron chi connectivity index (χ2n) is 4.91. The first-order valence-electron chi connectivity index (χ1n) is 6.91. The van der Waals surface area contributed by atoms with E-state index in [1.807, 2.05) is 13.8 Å². The smallest absolute Gasteiger partial charge is 0.244 e. The number of unbranched alkanes of at least 4 members (excludes halogenated alkanes) is 1. The summed E-state index contributed by atoms with van der Waals surface area (Å²) in [5.74, 6) is 0.565. The van der Waals surface area contributed by atoms with Crippen molar-refractivity contribution in [2.45, 2.75) is 44.2 Å². The molecular weight excluding hydrogens is 360 g/mol. The highest BCUT2D eigenvalue weighted by Gasteiger charge is 2.21. The molecule has 0 aromatic carbocycles. The second-order valence-corrected chi connectivity index (χ2v) is 7.36. The van der Waals surface area contributed by atoms with E-state index in [1.165, 1.54) is 6.07 Å². The van der Waals surface area contributed by atoms with Gasteiger partial charge in [-0.15, -0.1) is 0 Å². The van der Waals surface area contributed by atoms with Gasteiger partial charge in [-0.3, -0.25) is 0 Å². The molecule has 1 rings (SSSR count). The fourth-order valence-electron chi connectivity index (χ4n) is 1.67. The Hall–Kier alpha value is -0.410. The summed E-state index contributed by atoms with van der Waals surface area (Å²) in [5.41, 5.74) is 0. The molecule has 1 aromatic heterocycles. The van der Waals surface area contributed by atoms with Gasteiger partial charge in [0.05, 0.1) is 12.6 Å². The van der Waals surface area contributed by atoms with Crippen LogP contribution in [-0.2, 0) is 21.3 Å². The fraction of sp³-hybridized carbons (Fsp3) is 0.692. The Balaban J connectivity index is 2.46. The highest BCUT2D eigenvalue weighted by atomic mass is 79.9. The number of halogens is 1. The average molecular weight is 383 g/mol. The lowest BCUT2D eigenvalue weighted by molar-refractivity contribution is 0.0762. The maximum absolute atomic E-state index is 12.2. The molecule has 0 spiro atoms. The fourth-order valence-corrected chi connectivity index (χ4v) is 3.74. The summed E-state index contributed by atoms with van der Waals surface area (Å²) >= 11 is 3.14. The van der Waals surface area contributed by atoms with Gasteiger partial charge in [-0.1, -0.05) is 0 Å². The summed E-state index contributed by atoms with van der Waals surface area (Å²) in [6.07, 6.45) is 1.75. The quantitative estimate of drug-likeness (QED) is 0.606. The maximum Gasteiger partial charge on any atom is 0.244 e. The Morgan fingerprint density at radius 2 is 2.10 bits per heavy atom. The zero-order chi connectivity index (χ0) is 15.9. The Bertz CT molecular complexity index is 528. The molecule has 1 aromatic rings. The summed E-state index contributed by atoms with van der Waals surface area (Å²) in [6.45, 7) is 5.44. The minimum absolute atomic E-state index is 0.131. The van der Waals surface area contributed by atoms with Gasteiger partial charge in [0.15, 0.2) is 4.67 Å². The zero-order valence-electron chi connectivity index (χ0n) is 12.6. The van der Waals surface area contributed by atoms with E-state index in [9.17, 15) is 8.42 Å². The van der Waals surface area contributed by atoms with Gasteiger partial charge in [0, 0.05) is 19.2 Å². The van der Waals surface area contributed by atoms with Gasteiger partial charge >= 0.3 is 0 Å². The van der Waals surface area contributed by atoms with E-state index in [0.717, 1.165) is 12.8 Å². The van der Waals surface area contributed by atoms with Crippen LogP contribution in [0, 0.1) is 0 Å². The van der Waals surface area contributed by atoms with Crippen molar-refractivity contribution >= 4 is 26.0 Å². The number of ether oxygens (including phenoxy) is 1. The van der Waals surface area contributed by atoms with Crippen molar-refractivity contribution in [3.8, 4) is 0 Å². The number of rotatable bonds is 10. The van der Waals surface area contributed by atoms with E-state index in [1.54, 1.807) is 7.05 Å². The molecule has 1 heterocycles. The van der Waals surface area contributed by atoms with Gasteiger partial charge in [0.25, 0.3) is 0 Å². The lowest BCUT2D eigenvalue weighted by Gasteiger charge is -2.08. The van der Waals surface area contributed by atoms with Crippen LogP contribution in [0.1, 0.15) is 32.4 Å². The van der Waals surface area contributed by atoms with E-state index in [2.05, 4.69) is 26.0 Å². The highest BCUT2D eigenvalue weighted by Crippen LogP contribution is 2.25. The molecule has 0 saturated heterocycles. The molecule has 0 bridgehead atoms. The van der Waals surface area contributed by atoms with Crippen molar-refractivity contribution < 1.29 is 17.6 Å². The van der Waals surface area contributed by atoms with E-state index >= 15 is 0 Å². The van der Waals surface area contributed by atoms with Crippen LogP contribution in [0.25, 0.3) is 0 Å². The first-order chi connectivity index (χ1) is 9.86. The van der Waals surface area contributed by atoms with Crippen LogP contribution in [-0.4, -0.2) is 34.7 Å². The van der Waals surface area contributed by atoms with E-state index in [-0.39, 0.29) is 15.7 Å². The largest absolute Gasteiger partial charge is 0.452 e. The van der Waals surface area contributed by atoms with Crippen LogP contribution in [0.2, 0.25) is 0 Å². The van der Waals surface area contributed by atoms with Crippen molar-refractivity contribution in [2.24, 2.45) is 0 Å². The molecule has 2 N–H and O–H groups in total. The first kappa shape index (κ1) is 18.6. The minimum Gasteiger partial charge on any atom is -0.452 e. The highest BCUT2D eigenvalue weighted by molar-refractivity contribution is 9.10. The molecular formula is C13H23BrN2O4S. The molecule has 122 valence electrons. The van der Waals surface area contributed by atoms with Crippen LogP contribution in [0.15, 0.2) is 20.0 Å². The Morgan fingerprint density at radius 3 is 2.71 bits per heavy atom. The van der Waals surface area contributed by atoms with E-state index < -0.39 is 10.0 Å². The predicted octanol–water partition coefficient (Wildman–Crippen LogP) is 2.25. The molecule has 21 heavy (non-hydrogen) atoms. The molecule has 0 aliphatic carbocycles. The number of furan rings is 1. The summed E-state index contributed by atoms with van der Waals surface area (Å²) < 4.78 is 37.8. The van der Waals surface area contributed by atoms with Gasteiger partial charge in [0.2, 0.25) is 10.0 Å². The zero-order valence-corrected chi connectivity index (χ0v) is 15.0. The van der Waals surface area contributed by atoms with Crippen LogP contribution >= 0.6 is 15.9 Å². The van der Waals surface area contributed by atoms with Gasteiger partial charge in [-0.25, -0.2) is 13.1 Å². The van der Waals surface area contributed by atoms with Crippen molar-refractivity contribution in [2.75, 3.05) is 20.2 Å². The first-order valence-corrected chi connectivity index (χ1v) is 9.18. The third-order valence-electron chi connectivity index (χ3n) is 2.66. The second kappa shape index (κ2) is 8.89. The Labute approximate surface area is 134 Å². The molecule has 0 aliphatic heterocycles. The number of hydrogen-bond donors (Lipinski definition) is 2. The third-order valence-corrected chi connectivity index (χ3v) is 4.98. The molecule has 0 aliphatic rings. The van der Waals surface area contributed by atoms with Crippen molar-refractivity contribution in [3.05, 3.63) is 16.5 Å². The molecule has 8 heteroatoms. The van der Waals surface area contributed by atoms with Crippen molar-refractivity contribution in [1.82, 2.24) is 10.0 Å². The minimum atomic E-state index is -3.55. The van der Waals surface area contributed by atoms with Crippen molar-refractivity contribution in [3.63, 3.8) is 0 Å². The summed E-state index contributed by atoms with van der Waals surface area (Å²) in [5, 5.41) is 2.91. The van der Waals surface area contributed by atoms with E-state index in [4.69, 9.17) is 9.15 Å². The summed E-state index contributed by atoms with van der Waals surface area (Å²) in [4.78, 5) is 0.131. The van der Waals surface area contributed by atoms with Crippen LogP contribution in [0.5, 0.6) is 0 Å². The Kier molecular flexibility index (Phi) is 7.89. The molecule has 0 fully saturated rings. The van der Waals surface area contributed by atoms with Crippen LogP contribution in [0.3, 0.4) is 0 Å². The van der Waals surface area contributed by atoms with E-state index in [0.29, 0.717) is 25.5 Å². The van der Waals surface area contributed by atoms with Gasteiger partial charge < -0.3 is 14.5 Å². The molecule has 0 atom stereocenters. The molecule has 0 saturated carbocycles. The SMILES string of the molecule is CNCc1cc(S(=O)(=O)NCCCCOC(C)C)c(Br)o1. The number of sulfonamides is 1. The Morgan fingerprint density at radius 1 is 1.38 bits per heavy atom. The van der Waals surface area contributed by atoms with Crippen molar-refractivity contribution in [1.29, 1.82) is 0 Å². The maximum atomic E-state index is 12.2. The number of hydrogen-bond acceptors (Lipinski definition) is 5. The lowest BCUT2D eigenvalue weighted by Crippen LogP contribution is -2.25. The monoisotopic (exact) mass is 382 g/mol. The lowest BCUT2D eigenvalue weighted by atomic mass is 10.3. The summed E-state index contributed by atoms with van der Waals surface area (Å²) in [7, 11) is -1.79. The number of nitrogens with one attached hydrogen (secondary N) is 2.